The Kier molecular flexibility index (Phi) is 5.37. The van der Waals surface area contributed by atoms with Gasteiger partial charge in [-0.3, -0.25) is 4.79 Å². The maximum atomic E-state index is 12.2. The fourth-order valence-corrected chi connectivity index (χ4v) is 2.22. The number of nitrogens with zero attached hydrogens (tertiary/aromatic N) is 1. The van der Waals surface area contributed by atoms with Crippen LogP contribution in [0.4, 0.5) is 5.69 Å². The van der Waals surface area contributed by atoms with Crippen LogP contribution in [0.1, 0.15) is 23.6 Å². The van der Waals surface area contributed by atoms with Crippen molar-refractivity contribution in [1.82, 2.24) is 0 Å². The van der Waals surface area contributed by atoms with Gasteiger partial charge < -0.3 is 10.1 Å². The highest BCUT2D eigenvalue weighted by Gasteiger charge is 2.15. The number of nitrogens with one attached hydrogen (secondary N) is 1. The first-order valence-electron chi connectivity index (χ1n) is 7.50. The Morgan fingerprint density at radius 2 is 1.91 bits per heavy atom. The molecule has 0 heterocycles. The normalized spacial score (nSPS) is 11.4. The van der Waals surface area contributed by atoms with Crippen LogP contribution >= 0.6 is 0 Å². The van der Waals surface area contributed by atoms with Gasteiger partial charge in [0.25, 0.3) is 5.91 Å². The Morgan fingerprint density at radius 3 is 2.52 bits per heavy atom. The molecule has 0 bridgehead atoms. The van der Waals surface area contributed by atoms with Crippen molar-refractivity contribution in [2.24, 2.45) is 0 Å². The Bertz CT molecular complexity index is 730. The van der Waals surface area contributed by atoms with Gasteiger partial charge in [0.1, 0.15) is 5.75 Å². The number of benzene rings is 2. The van der Waals surface area contributed by atoms with E-state index in [1.54, 1.807) is 19.1 Å². The van der Waals surface area contributed by atoms with E-state index >= 15 is 0 Å². The summed E-state index contributed by atoms with van der Waals surface area (Å²) in [7, 11) is 0. The largest absolute Gasteiger partial charge is 0.481 e. The van der Waals surface area contributed by atoms with Gasteiger partial charge in [-0.25, -0.2) is 0 Å². The average Bonchev–Trinajstić information content (AvgIpc) is 2.52. The number of anilines is 1. The van der Waals surface area contributed by atoms with Gasteiger partial charge in [0, 0.05) is 5.69 Å². The maximum absolute atomic E-state index is 12.2. The quantitative estimate of drug-likeness (QED) is 0.914. The molecule has 2 aromatic rings. The Morgan fingerprint density at radius 1 is 1.22 bits per heavy atom. The summed E-state index contributed by atoms with van der Waals surface area (Å²) in [6.07, 6.45) is -0.240. The molecule has 1 amide bonds. The number of hydrogen-bond donors (Lipinski definition) is 1. The minimum Gasteiger partial charge on any atom is -0.481 e. The first-order chi connectivity index (χ1) is 11.0. The van der Waals surface area contributed by atoms with Crippen LogP contribution < -0.4 is 10.1 Å². The second kappa shape index (κ2) is 7.46. The number of ether oxygens (including phenoxy) is 1. The van der Waals surface area contributed by atoms with Crippen molar-refractivity contribution in [3.8, 4) is 11.8 Å². The van der Waals surface area contributed by atoms with Crippen LogP contribution in [0.2, 0.25) is 0 Å². The lowest BCUT2D eigenvalue weighted by Crippen LogP contribution is -2.30. The van der Waals surface area contributed by atoms with Crippen LogP contribution in [-0.2, 0) is 11.2 Å². The van der Waals surface area contributed by atoms with Gasteiger partial charge in [-0.2, -0.15) is 5.26 Å². The summed E-state index contributed by atoms with van der Waals surface area (Å²) in [5, 5.41) is 11.5. The summed E-state index contributed by atoms with van der Waals surface area (Å²) in [6.45, 7) is 5.70. The SMILES string of the molecule is Cc1ccc(O[C@@H](C)C(=O)Nc2ccc(CC#N)cc2)c(C)c1. The molecule has 0 aliphatic heterocycles. The van der Waals surface area contributed by atoms with E-state index in [9.17, 15) is 4.79 Å². The predicted octanol–water partition coefficient (Wildman–Crippen LogP) is 3.78. The van der Waals surface area contributed by atoms with E-state index in [4.69, 9.17) is 10.00 Å². The number of carbonyl (C=O) groups excluding carboxylic acids is 1. The summed E-state index contributed by atoms with van der Waals surface area (Å²) in [5.74, 6) is 0.501. The molecule has 0 aliphatic rings. The molecule has 0 radical (unpaired) electrons. The smallest absolute Gasteiger partial charge is 0.265 e. The fraction of sp³-hybridized carbons (Fsp3) is 0.263. The molecule has 0 aromatic heterocycles. The summed E-state index contributed by atoms with van der Waals surface area (Å²) < 4.78 is 5.74. The minimum atomic E-state index is -0.602. The third-order valence-electron chi connectivity index (χ3n) is 3.51. The van der Waals surface area contributed by atoms with Gasteiger partial charge in [0.2, 0.25) is 0 Å². The van der Waals surface area contributed by atoms with Crippen LogP contribution in [0.15, 0.2) is 42.5 Å². The van der Waals surface area contributed by atoms with Gasteiger partial charge in [0.05, 0.1) is 12.5 Å². The average molecular weight is 308 g/mol. The Balaban J connectivity index is 1.98. The van der Waals surface area contributed by atoms with E-state index in [1.165, 1.54) is 0 Å². The molecular weight excluding hydrogens is 288 g/mol. The molecule has 4 heteroatoms. The van der Waals surface area contributed by atoms with E-state index in [-0.39, 0.29) is 5.91 Å². The lowest BCUT2D eigenvalue weighted by molar-refractivity contribution is -0.122. The Hall–Kier alpha value is -2.80. The number of amides is 1. The van der Waals surface area contributed by atoms with Crippen molar-refractivity contribution in [3.63, 3.8) is 0 Å². The van der Waals surface area contributed by atoms with Crippen LogP contribution in [0.5, 0.6) is 5.75 Å². The van der Waals surface area contributed by atoms with Gasteiger partial charge >= 0.3 is 0 Å². The van der Waals surface area contributed by atoms with Crippen molar-refractivity contribution >= 4 is 11.6 Å². The molecule has 0 saturated heterocycles. The van der Waals surface area contributed by atoms with E-state index in [2.05, 4.69) is 11.4 Å². The van der Waals surface area contributed by atoms with E-state index < -0.39 is 6.10 Å². The lowest BCUT2D eigenvalue weighted by Gasteiger charge is -2.16. The second-order valence-corrected chi connectivity index (χ2v) is 5.55. The predicted molar refractivity (Wildman–Crippen MR) is 90.4 cm³/mol. The third kappa shape index (κ3) is 4.58. The monoisotopic (exact) mass is 308 g/mol. The molecule has 23 heavy (non-hydrogen) atoms. The zero-order chi connectivity index (χ0) is 16.8. The molecule has 1 atom stereocenters. The first kappa shape index (κ1) is 16.6. The standard InChI is InChI=1S/C19H20N2O2/c1-13-4-9-18(14(2)12-13)23-15(3)19(22)21-17-7-5-16(6-8-17)10-11-20/h4-9,12,15H,10H2,1-3H3,(H,21,22)/t15-/m0/s1. The van der Waals surface area contributed by atoms with Crippen molar-refractivity contribution in [1.29, 1.82) is 5.26 Å². The molecule has 0 unspecified atom stereocenters. The van der Waals surface area contributed by atoms with Crippen molar-refractivity contribution in [2.75, 3.05) is 5.32 Å². The molecule has 0 saturated carbocycles. The molecule has 1 N–H and O–H groups in total. The summed E-state index contributed by atoms with van der Waals surface area (Å²) in [4.78, 5) is 12.2. The zero-order valence-electron chi connectivity index (χ0n) is 13.6. The van der Waals surface area contributed by atoms with E-state index in [0.29, 0.717) is 17.9 Å². The molecule has 4 nitrogen and oxygen atoms in total. The molecule has 118 valence electrons. The van der Waals surface area contributed by atoms with Crippen LogP contribution in [0.3, 0.4) is 0 Å². The summed E-state index contributed by atoms with van der Waals surface area (Å²) in [6, 6.07) is 15.2. The molecular formula is C19H20N2O2. The highest BCUT2D eigenvalue weighted by molar-refractivity contribution is 5.94. The molecule has 2 aromatic carbocycles. The van der Waals surface area contributed by atoms with Crippen molar-refractivity contribution in [3.05, 3.63) is 59.2 Å². The van der Waals surface area contributed by atoms with Gasteiger partial charge in [0.15, 0.2) is 6.10 Å². The van der Waals surface area contributed by atoms with Gasteiger partial charge in [-0.05, 0) is 50.1 Å². The minimum absolute atomic E-state index is 0.210. The number of rotatable bonds is 5. The van der Waals surface area contributed by atoms with Crippen LogP contribution in [-0.4, -0.2) is 12.0 Å². The molecule has 0 spiro atoms. The van der Waals surface area contributed by atoms with Crippen molar-refractivity contribution < 1.29 is 9.53 Å². The molecule has 2 rings (SSSR count). The summed E-state index contributed by atoms with van der Waals surface area (Å²) in [5.41, 5.74) is 3.77. The lowest BCUT2D eigenvalue weighted by atomic mass is 10.1. The number of nitriles is 1. The molecule has 0 aliphatic carbocycles. The van der Waals surface area contributed by atoms with Crippen LogP contribution in [0.25, 0.3) is 0 Å². The highest BCUT2D eigenvalue weighted by atomic mass is 16.5. The second-order valence-electron chi connectivity index (χ2n) is 5.55. The highest BCUT2D eigenvalue weighted by Crippen LogP contribution is 2.20. The van der Waals surface area contributed by atoms with Gasteiger partial charge in [-0.1, -0.05) is 29.8 Å². The fourth-order valence-electron chi connectivity index (χ4n) is 2.22. The summed E-state index contributed by atoms with van der Waals surface area (Å²) >= 11 is 0. The third-order valence-corrected chi connectivity index (χ3v) is 3.51. The van der Waals surface area contributed by atoms with E-state index in [0.717, 1.165) is 16.7 Å². The van der Waals surface area contributed by atoms with Crippen molar-refractivity contribution in [2.45, 2.75) is 33.3 Å². The van der Waals surface area contributed by atoms with E-state index in [1.807, 2.05) is 44.2 Å². The number of aryl methyl sites for hydroxylation is 2. The molecule has 0 fully saturated rings. The van der Waals surface area contributed by atoms with Gasteiger partial charge in [-0.15, -0.1) is 0 Å². The maximum Gasteiger partial charge on any atom is 0.265 e. The topological polar surface area (TPSA) is 62.1 Å². The zero-order valence-corrected chi connectivity index (χ0v) is 13.6. The Labute approximate surface area is 136 Å². The number of carbonyl (C=O) groups is 1. The number of hydrogen-bond acceptors (Lipinski definition) is 3. The van der Waals surface area contributed by atoms with Crippen LogP contribution in [0, 0.1) is 25.2 Å². The first-order valence-corrected chi connectivity index (χ1v) is 7.50.